The quantitative estimate of drug-likeness (QED) is 0.905. The van der Waals surface area contributed by atoms with E-state index in [4.69, 9.17) is 4.98 Å². The first-order chi connectivity index (χ1) is 9.81. The summed E-state index contributed by atoms with van der Waals surface area (Å²) in [7, 11) is 1.87. The number of benzene rings is 1. The van der Waals surface area contributed by atoms with Crippen LogP contribution in [-0.2, 0) is 0 Å². The van der Waals surface area contributed by atoms with E-state index < -0.39 is 0 Å². The van der Waals surface area contributed by atoms with Crippen molar-refractivity contribution in [2.24, 2.45) is 5.92 Å². The minimum absolute atomic E-state index is 0.700. The van der Waals surface area contributed by atoms with Crippen LogP contribution in [0.15, 0.2) is 24.3 Å². The SMILES string of the molecule is CCN(CC1CCC1)c1nc(NC)nc2ccccc12. The lowest BCUT2D eigenvalue weighted by molar-refractivity contribution is 0.318. The van der Waals surface area contributed by atoms with Crippen LogP contribution in [0, 0.1) is 5.92 Å². The van der Waals surface area contributed by atoms with Gasteiger partial charge in [0.2, 0.25) is 5.95 Å². The van der Waals surface area contributed by atoms with Gasteiger partial charge < -0.3 is 10.2 Å². The van der Waals surface area contributed by atoms with Crippen molar-refractivity contribution in [1.82, 2.24) is 9.97 Å². The van der Waals surface area contributed by atoms with E-state index in [2.05, 4.69) is 40.3 Å². The monoisotopic (exact) mass is 270 g/mol. The number of nitrogens with zero attached hydrogens (tertiary/aromatic N) is 3. The molecule has 4 nitrogen and oxygen atoms in total. The zero-order valence-corrected chi connectivity index (χ0v) is 12.3. The second kappa shape index (κ2) is 5.65. The molecule has 1 saturated carbocycles. The highest BCUT2D eigenvalue weighted by molar-refractivity contribution is 5.90. The fraction of sp³-hybridized carbons (Fsp3) is 0.500. The van der Waals surface area contributed by atoms with Gasteiger partial charge in [0.25, 0.3) is 0 Å². The first kappa shape index (κ1) is 13.2. The van der Waals surface area contributed by atoms with Crippen molar-refractivity contribution >= 4 is 22.7 Å². The molecule has 0 unspecified atom stereocenters. The maximum Gasteiger partial charge on any atom is 0.224 e. The minimum atomic E-state index is 0.700. The molecule has 1 aliphatic carbocycles. The van der Waals surface area contributed by atoms with Gasteiger partial charge in [-0.1, -0.05) is 18.6 Å². The Labute approximate surface area is 120 Å². The summed E-state index contributed by atoms with van der Waals surface area (Å²) in [5.74, 6) is 2.60. The number of fused-ring (bicyclic) bond motifs is 1. The highest BCUT2D eigenvalue weighted by Crippen LogP contribution is 2.31. The van der Waals surface area contributed by atoms with Gasteiger partial charge in [0.05, 0.1) is 5.52 Å². The fourth-order valence-electron chi connectivity index (χ4n) is 2.77. The van der Waals surface area contributed by atoms with Crippen LogP contribution < -0.4 is 10.2 Å². The summed E-state index contributed by atoms with van der Waals surface area (Å²) in [6.07, 6.45) is 4.10. The van der Waals surface area contributed by atoms with Gasteiger partial charge in [0, 0.05) is 25.5 Å². The minimum Gasteiger partial charge on any atom is -0.357 e. The average Bonchev–Trinajstić information content (AvgIpc) is 2.45. The number of anilines is 2. The van der Waals surface area contributed by atoms with Crippen molar-refractivity contribution in [3.63, 3.8) is 0 Å². The van der Waals surface area contributed by atoms with Crippen LogP contribution in [0.4, 0.5) is 11.8 Å². The maximum absolute atomic E-state index is 4.71. The van der Waals surface area contributed by atoms with Crippen LogP contribution in [-0.4, -0.2) is 30.1 Å². The van der Waals surface area contributed by atoms with Crippen LogP contribution in [0.5, 0.6) is 0 Å². The molecule has 0 amide bonds. The van der Waals surface area contributed by atoms with Crippen LogP contribution >= 0.6 is 0 Å². The first-order valence-corrected chi connectivity index (χ1v) is 7.51. The van der Waals surface area contributed by atoms with E-state index in [1.165, 1.54) is 19.3 Å². The number of aromatic nitrogens is 2. The summed E-state index contributed by atoms with van der Waals surface area (Å²) < 4.78 is 0. The highest BCUT2D eigenvalue weighted by atomic mass is 15.2. The molecule has 0 radical (unpaired) electrons. The second-order valence-electron chi connectivity index (χ2n) is 5.47. The summed E-state index contributed by atoms with van der Waals surface area (Å²) >= 11 is 0. The van der Waals surface area contributed by atoms with Crippen molar-refractivity contribution in [2.45, 2.75) is 26.2 Å². The van der Waals surface area contributed by atoms with E-state index in [1.807, 2.05) is 13.1 Å². The Kier molecular flexibility index (Phi) is 3.72. The molecule has 0 aliphatic heterocycles. The third-order valence-corrected chi connectivity index (χ3v) is 4.19. The maximum atomic E-state index is 4.71. The zero-order chi connectivity index (χ0) is 13.9. The lowest BCUT2D eigenvalue weighted by Gasteiger charge is -2.33. The first-order valence-electron chi connectivity index (χ1n) is 7.51. The van der Waals surface area contributed by atoms with Gasteiger partial charge in [0.15, 0.2) is 0 Å². The average molecular weight is 270 g/mol. The summed E-state index contributed by atoms with van der Waals surface area (Å²) in [5.41, 5.74) is 1.01. The third-order valence-electron chi connectivity index (χ3n) is 4.19. The molecule has 1 aromatic heterocycles. The molecule has 20 heavy (non-hydrogen) atoms. The van der Waals surface area contributed by atoms with Gasteiger partial charge in [-0.25, -0.2) is 4.98 Å². The summed E-state index contributed by atoms with van der Waals surface area (Å²) in [5, 5.41) is 4.22. The van der Waals surface area contributed by atoms with Gasteiger partial charge >= 0.3 is 0 Å². The molecule has 0 bridgehead atoms. The summed E-state index contributed by atoms with van der Waals surface area (Å²) in [4.78, 5) is 11.6. The molecule has 0 spiro atoms. The molecule has 1 aromatic carbocycles. The van der Waals surface area contributed by atoms with Crippen LogP contribution in [0.25, 0.3) is 10.9 Å². The zero-order valence-electron chi connectivity index (χ0n) is 12.3. The largest absolute Gasteiger partial charge is 0.357 e. The Morgan fingerprint density at radius 3 is 2.70 bits per heavy atom. The van der Waals surface area contributed by atoms with E-state index in [0.29, 0.717) is 5.95 Å². The molecular formula is C16H22N4. The predicted molar refractivity (Wildman–Crippen MR) is 84.3 cm³/mol. The van der Waals surface area contributed by atoms with E-state index in [9.17, 15) is 0 Å². The molecule has 1 heterocycles. The molecule has 1 aliphatic rings. The summed E-state index contributed by atoms with van der Waals surface area (Å²) in [6.45, 7) is 4.30. The molecule has 0 saturated heterocycles. The van der Waals surface area contributed by atoms with Gasteiger partial charge in [-0.05, 0) is 37.8 Å². The number of para-hydroxylation sites is 1. The topological polar surface area (TPSA) is 41.1 Å². The Hall–Kier alpha value is -1.84. The lowest BCUT2D eigenvalue weighted by Crippen LogP contribution is -2.33. The molecule has 0 atom stereocenters. The molecular weight excluding hydrogens is 248 g/mol. The van der Waals surface area contributed by atoms with Gasteiger partial charge in [-0.15, -0.1) is 0 Å². The number of hydrogen-bond acceptors (Lipinski definition) is 4. The highest BCUT2D eigenvalue weighted by Gasteiger charge is 2.22. The Morgan fingerprint density at radius 2 is 2.05 bits per heavy atom. The standard InChI is InChI=1S/C16H22N4/c1-3-20(11-12-7-6-8-12)15-13-9-4-5-10-14(13)18-16(17-2)19-15/h4-5,9-10,12H,3,6-8,11H2,1-2H3,(H,17,18,19). The van der Waals surface area contributed by atoms with Crippen molar-refractivity contribution in [1.29, 1.82) is 0 Å². The third kappa shape index (κ3) is 2.42. The normalized spacial score (nSPS) is 15.1. The molecule has 106 valence electrons. The number of nitrogens with one attached hydrogen (secondary N) is 1. The Balaban J connectivity index is 2.02. The molecule has 2 aromatic rings. The van der Waals surface area contributed by atoms with Crippen molar-refractivity contribution in [3.8, 4) is 0 Å². The van der Waals surface area contributed by atoms with E-state index in [-0.39, 0.29) is 0 Å². The smallest absolute Gasteiger partial charge is 0.224 e. The fourth-order valence-corrected chi connectivity index (χ4v) is 2.77. The molecule has 1 fully saturated rings. The van der Waals surface area contributed by atoms with Crippen LogP contribution in [0.2, 0.25) is 0 Å². The molecule has 4 heteroatoms. The predicted octanol–water partition coefficient (Wildman–Crippen LogP) is 3.30. The number of rotatable bonds is 5. The van der Waals surface area contributed by atoms with Gasteiger partial charge in [-0.3, -0.25) is 0 Å². The van der Waals surface area contributed by atoms with E-state index in [1.54, 1.807) is 0 Å². The van der Waals surface area contributed by atoms with Crippen molar-refractivity contribution < 1.29 is 0 Å². The van der Waals surface area contributed by atoms with Gasteiger partial charge in [0.1, 0.15) is 5.82 Å². The Morgan fingerprint density at radius 1 is 1.25 bits per heavy atom. The van der Waals surface area contributed by atoms with Crippen molar-refractivity contribution in [3.05, 3.63) is 24.3 Å². The lowest BCUT2D eigenvalue weighted by atomic mass is 9.85. The summed E-state index contributed by atoms with van der Waals surface area (Å²) in [6, 6.07) is 8.26. The Bertz CT molecular complexity index is 592. The number of hydrogen-bond donors (Lipinski definition) is 1. The second-order valence-corrected chi connectivity index (χ2v) is 5.47. The van der Waals surface area contributed by atoms with Gasteiger partial charge in [-0.2, -0.15) is 4.98 Å². The van der Waals surface area contributed by atoms with Crippen LogP contribution in [0.3, 0.4) is 0 Å². The molecule has 1 N–H and O–H groups in total. The van der Waals surface area contributed by atoms with Crippen LogP contribution in [0.1, 0.15) is 26.2 Å². The molecule has 3 rings (SSSR count). The van der Waals surface area contributed by atoms with Crippen molar-refractivity contribution in [2.75, 3.05) is 30.4 Å². The van der Waals surface area contributed by atoms with E-state index in [0.717, 1.165) is 35.7 Å². The van der Waals surface area contributed by atoms with E-state index >= 15 is 0 Å².